The number of nitrogens with zero attached hydrogens (tertiary/aromatic N) is 2. The molecule has 5 nitrogen and oxygen atoms in total. The van der Waals surface area contributed by atoms with Crippen LogP contribution in [0.25, 0.3) is 0 Å². The largest absolute Gasteiger partial charge is 0.381 e. The maximum absolute atomic E-state index is 13.0. The first-order valence-electron chi connectivity index (χ1n) is 9.00. The van der Waals surface area contributed by atoms with E-state index in [1.807, 2.05) is 11.9 Å². The zero-order chi connectivity index (χ0) is 17.9. The van der Waals surface area contributed by atoms with Gasteiger partial charge in [-0.05, 0) is 42.9 Å². The van der Waals surface area contributed by atoms with Crippen LogP contribution in [0.2, 0.25) is 0 Å². The van der Waals surface area contributed by atoms with Crippen LogP contribution in [0.4, 0.5) is 4.39 Å². The molecule has 0 aliphatic carbocycles. The van der Waals surface area contributed by atoms with Crippen molar-refractivity contribution in [2.75, 3.05) is 47.1 Å². The summed E-state index contributed by atoms with van der Waals surface area (Å²) in [6.07, 6.45) is 3.16. The Labute approximate surface area is 173 Å². The molecule has 1 aliphatic rings. The molecule has 1 saturated heterocycles. The summed E-state index contributed by atoms with van der Waals surface area (Å²) in [6, 6.07) is 6.55. The summed E-state index contributed by atoms with van der Waals surface area (Å²) in [7, 11) is 3.74. The van der Waals surface area contributed by atoms with Gasteiger partial charge in [-0.2, -0.15) is 0 Å². The zero-order valence-electron chi connectivity index (χ0n) is 15.7. The predicted molar refractivity (Wildman–Crippen MR) is 114 cm³/mol. The molecule has 0 atom stereocenters. The maximum atomic E-state index is 13.0. The molecule has 0 spiro atoms. The second-order valence-corrected chi connectivity index (χ2v) is 6.44. The fraction of sp³-hybridized carbons (Fsp3) is 0.632. The fourth-order valence-electron chi connectivity index (χ4n) is 2.86. The molecule has 148 valence electrons. The molecule has 2 rings (SSSR count). The molecule has 1 heterocycles. The lowest BCUT2D eigenvalue weighted by Gasteiger charge is -2.23. The highest BCUT2D eigenvalue weighted by Crippen LogP contribution is 2.14. The van der Waals surface area contributed by atoms with Crippen molar-refractivity contribution in [1.29, 1.82) is 0 Å². The van der Waals surface area contributed by atoms with Crippen molar-refractivity contribution in [3.05, 3.63) is 35.6 Å². The Morgan fingerprint density at radius 2 is 2.00 bits per heavy atom. The molecule has 0 radical (unpaired) electrons. The van der Waals surface area contributed by atoms with Crippen LogP contribution >= 0.6 is 24.0 Å². The third kappa shape index (κ3) is 8.64. The molecule has 0 aromatic heterocycles. The van der Waals surface area contributed by atoms with E-state index in [0.29, 0.717) is 12.5 Å². The van der Waals surface area contributed by atoms with Crippen molar-refractivity contribution in [3.8, 4) is 0 Å². The van der Waals surface area contributed by atoms with E-state index in [9.17, 15) is 4.39 Å². The Balaban J connectivity index is 0.00000338. The molecule has 1 aliphatic heterocycles. The normalized spacial score (nSPS) is 15.4. The van der Waals surface area contributed by atoms with Gasteiger partial charge in [0.15, 0.2) is 5.96 Å². The van der Waals surface area contributed by atoms with E-state index >= 15 is 0 Å². The minimum atomic E-state index is -0.213. The van der Waals surface area contributed by atoms with Gasteiger partial charge in [-0.15, -0.1) is 24.0 Å². The van der Waals surface area contributed by atoms with Crippen LogP contribution in [0, 0.1) is 11.7 Å². The molecule has 0 saturated carbocycles. The first-order chi connectivity index (χ1) is 12.2. The van der Waals surface area contributed by atoms with Crippen LogP contribution in [0.1, 0.15) is 24.8 Å². The number of hydrogen-bond donors (Lipinski definition) is 1. The first kappa shape index (κ1) is 23.1. The lowest BCUT2D eigenvalue weighted by Crippen LogP contribution is -2.39. The summed E-state index contributed by atoms with van der Waals surface area (Å²) in [5.74, 6) is 1.26. The Bertz CT molecular complexity index is 522. The van der Waals surface area contributed by atoms with Crippen molar-refractivity contribution < 1.29 is 13.9 Å². The Morgan fingerprint density at radius 1 is 1.31 bits per heavy atom. The minimum absolute atomic E-state index is 0. The number of hydrogen-bond acceptors (Lipinski definition) is 3. The van der Waals surface area contributed by atoms with Gasteiger partial charge in [-0.25, -0.2) is 4.39 Å². The van der Waals surface area contributed by atoms with E-state index in [2.05, 4.69) is 10.3 Å². The van der Waals surface area contributed by atoms with Gasteiger partial charge in [0.2, 0.25) is 0 Å². The third-order valence-corrected chi connectivity index (χ3v) is 4.35. The summed E-state index contributed by atoms with van der Waals surface area (Å²) in [6.45, 7) is 4.82. The van der Waals surface area contributed by atoms with Gasteiger partial charge >= 0.3 is 0 Å². The zero-order valence-corrected chi connectivity index (χ0v) is 18.1. The van der Waals surface area contributed by atoms with Gasteiger partial charge in [-0.1, -0.05) is 12.1 Å². The highest BCUT2D eigenvalue weighted by atomic mass is 127. The summed E-state index contributed by atoms with van der Waals surface area (Å²) < 4.78 is 24.1. The topological polar surface area (TPSA) is 46.1 Å². The molecular formula is C19H31FIN3O2. The molecule has 1 aromatic carbocycles. The van der Waals surface area contributed by atoms with E-state index in [1.54, 1.807) is 19.2 Å². The Kier molecular flexibility index (Phi) is 11.8. The van der Waals surface area contributed by atoms with Crippen molar-refractivity contribution in [1.82, 2.24) is 10.2 Å². The fourth-order valence-corrected chi connectivity index (χ4v) is 2.86. The summed E-state index contributed by atoms with van der Waals surface area (Å²) in [5.41, 5.74) is 1.05. The second-order valence-electron chi connectivity index (χ2n) is 6.44. The van der Waals surface area contributed by atoms with Gasteiger partial charge in [0.05, 0.1) is 0 Å². The molecule has 0 unspecified atom stereocenters. The SMILES string of the molecule is CN=C(NCCCOCC1CCOCC1)N(C)Cc1ccc(F)cc1.I. The highest BCUT2D eigenvalue weighted by Gasteiger charge is 2.13. The second kappa shape index (κ2) is 13.3. The van der Waals surface area contributed by atoms with Crippen LogP contribution in [-0.4, -0.2) is 57.9 Å². The van der Waals surface area contributed by atoms with Crippen molar-refractivity contribution >= 4 is 29.9 Å². The molecule has 7 heteroatoms. The van der Waals surface area contributed by atoms with E-state index in [0.717, 1.165) is 63.8 Å². The number of nitrogens with one attached hydrogen (secondary N) is 1. The number of benzene rings is 1. The molecule has 0 amide bonds. The lowest BCUT2D eigenvalue weighted by atomic mass is 10.0. The van der Waals surface area contributed by atoms with Gasteiger partial charge in [-0.3, -0.25) is 4.99 Å². The average Bonchev–Trinajstić information content (AvgIpc) is 2.64. The number of rotatable bonds is 8. The Hall–Kier alpha value is -0.930. The number of ether oxygens (including phenoxy) is 2. The molecule has 26 heavy (non-hydrogen) atoms. The first-order valence-corrected chi connectivity index (χ1v) is 9.00. The van der Waals surface area contributed by atoms with Crippen LogP contribution in [0.5, 0.6) is 0 Å². The minimum Gasteiger partial charge on any atom is -0.381 e. The number of aliphatic imine (C=N–C) groups is 1. The third-order valence-electron chi connectivity index (χ3n) is 4.35. The molecule has 1 aromatic rings. The van der Waals surface area contributed by atoms with E-state index in [-0.39, 0.29) is 29.8 Å². The van der Waals surface area contributed by atoms with Crippen molar-refractivity contribution in [2.24, 2.45) is 10.9 Å². The van der Waals surface area contributed by atoms with Gasteiger partial charge in [0.25, 0.3) is 0 Å². The van der Waals surface area contributed by atoms with E-state index in [4.69, 9.17) is 9.47 Å². The van der Waals surface area contributed by atoms with Gasteiger partial charge in [0, 0.05) is 53.6 Å². The lowest BCUT2D eigenvalue weighted by molar-refractivity contribution is 0.0203. The molecular weight excluding hydrogens is 448 g/mol. The summed E-state index contributed by atoms with van der Waals surface area (Å²) in [5, 5.41) is 3.34. The predicted octanol–water partition coefficient (Wildman–Crippen LogP) is 3.28. The van der Waals surface area contributed by atoms with Crippen LogP contribution in [0.3, 0.4) is 0 Å². The summed E-state index contributed by atoms with van der Waals surface area (Å²) >= 11 is 0. The van der Waals surface area contributed by atoms with Crippen LogP contribution in [0.15, 0.2) is 29.3 Å². The molecule has 1 fully saturated rings. The smallest absolute Gasteiger partial charge is 0.193 e. The monoisotopic (exact) mass is 479 g/mol. The molecule has 0 bridgehead atoms. The standard InChI is InChI=1S/C19H30FN3O2.HI/c1-21-19(23(2)14-16-4-6-18(20)7-5-16)22-10-3-11-25-15-17-8-12-24-13-9-17;/h4-7,17H,3,8-15H2,1-2H3,(H,21,22);1H. The van der Waals surface area contributed by atoms with Crippen molar-refractivity contribution in [3.63, 3.8) is 0 Å². The van der Waals surface area contributed by atoms with Gasteiger partial charge in [0.1, 0.15) is 5.82 Å². The van der Waals surface area contributed by atoms with E-state index in [1.165, 1.54) is 12.1 Å². The molecule has 1 N–H and O–H groups in total. The summed E-state index contributed by atoms with van der Waals surface area (Å²) in [4.78, 5) is 6.32. The maximum Gasteiger partial charge on any atom is 0.193 e. The van der Waals surface area contributed by atoms with Crippen LogP contribution < -0.4 is 5.32 Å². The average molecular weight is 479 g/mol. The highest BCUT2D eigenvalue weighted by molar-refractivity contribution is 14.0. The Morgan fingerprint density at radius 3 is 2.65 bits per heavy atom. The number of halogens is 2. The number of guanidine groups is 1. The van der Waals surface area contributed by atoms with Gasteiger partial charge < -0.3 is 19.7 Å². The van der Waals surface area contributed by atoms with Crippen molar-refractivity contribution in [2.45, 2.75) is 25.8 Å². The van der Waals surface area contributed by atoms with Crippen LogP contribution in [-0.2, 0) is 16.0 Å². The van der Waals surface area contributed by atoms with E-state index < -0.39 is 0 Å². The quantitative estimate of drug-likeness (QED) is 0.269.